The molecule has 0 unspecified atom stereocenters. The van der Waals surface area contributed by atoms with Gasteiger partial charge in [0.25, 0.3) is 11.8 Å². The van der Waals surface area contributed by atoms with Gasteiger partial charge in [-0.1, -0.05) is 42.5 Å². The van der Waals surface area contributed by atoms with Crippen LogP contribution in [0.4, 0.5) is 5.69 Å². The van der Waals surface area contributed by atoms with E-state index in [1.54, 1.807) is 30.3 Å². The Morgan fingerprint density at radius 3 is 2.28 bits per heavy atom. The molecule has 0 atom stereocenters. The molecule has 1 fully saturated rings. The number of hydrogen-bond donors (Lipinski definition) is 1. The summed E-state index contributed by atoms with van der Waals surface area (Å²) in [6.45, 7) is 0. The van der Waals surface area contributed by atoms with Crippen molar-refractivity contribution in [2.24, 2.45) is 0 Å². The molecule has 7 heteroatoms. The molecule has 4 aromatic carbocycles. The maximum atomic E-state index is 13.4. The molecule has 0 radical (unpaired) electrons. The Bertz CT molecular complexity index is 1690. The van der Waals surface area contributed by atoms with Gasteiger partial charge in [0.1, 0.15) is 28.2 Å². The zero-order chi connectivity index (χ0) is 24.6. The molecular formula is C29H18N2O4S. The van der Waals surface area contributed by atoms with Crippen LogP contribution in [-0.4, -0.2) is 16.9 Å². The third-order valence-electron chi connectivity index (χ3n) is 5.89. The van der Waals surface area contributed by atoms with Gasteiger partial charge in [0.2, 0.25) is 0 Å². The van der Waals surface area contributed by atoms with E-state index in [0.29, 0.717) is 22.7 Å². The van der Waals surface area contributed by atoms with E-state index in [1.165, 1.54) is 4.90 Å². The number of carbonyl (C=O) groups is 2. The molecule has 1 N–H and O–H groups in total. The molecule has 0 aliphatic carbocycles. The van der Waals surface area contributed by atoms with Crippen molar-refractivity contribution in [1.29, 1.82) is 0 Å². The second-order valence-electron chi connectivity index (χ2n) is 8.22. The predicted octanol–water partition coefficient (Wildman–Crippen LogP) is 6.21. The van der Waals surface area contributed by atoms with Gasteiger partial charge in [0.05, 0.1) is 5.69 Å². The van der Waals surface area contributed by atoms with Crippen molar-refractivity contribution >= 4 is 62.8 Å². The SMILES string of the molecule is O=C1NC(=S)N(c2ccc(Oc3ccccc3)cc2)C(=O)C1=Cc1ccc2oc3ccccc3c2c1. The van der Waals surface area contributed by atoms with Crippen LogP contribution < -0.4 is 15.0 Å². The van der Waals surface area contributed by atoms with Crippen LogP contribution in [0.2, 0.25) is 0 Å². The van der Waals surface area contributed by atoms with Crippen LogP contribution in [0.25, 0.3) is 28.0 Å². The van der Waals surface area contributed by atoms with Gasteiger partial charge < -0.3 is 9.15 Å². The number of rotatable bonds is 4. The van der Waals surface area contributed by atoms with Gasteiger partial charge >= 0.3 is 0 Å². The van der Waals surface area contributed by atoms with Gasteiger partial charge in [-0.25, -0.2) is 0 Å². The summed E-state index contributed by atoms with van der Waals surface area (Å²) in [5, 5.41) is 4.52. The van der Waals surface area contributed by atoms with E-state index in [9.17, 15) is 9.59 Å². The number of benzene rings is 4. The first-order valence-electron chi connectivity index (χ1n) is 11.2. The van der Waals surface area contributed by atoms with Crippen LogP contribution in [-0.2, 0) is 9.59 Å². The molecule has 6 rings (SSSR count). The molecule has 1 aliphatic rings. The standard InChI is InChI=1S/C29H18N2O4S/c32-27-24(17-18-10-15-26-23(16-18)22-8-4-5-9-25(22)35-26)28(33)31(29(36)30-27)19-11-13-21(14-12-19)34-20-6-2-1-3-7-20/h1-17H,(H,30,32,36). The summed E-state index contributed by atoms with van der Waals surface area (Å²) in [5.74, 6) is 0.274. The Morgan fingerprint density at radius 1 is 0.778 bits per heavy atom. The number of amides is 2. The van der Waals surface area contributed by atoms with E-state index in [-0.39, 0.29) is 10.7 Å². The molecule has 2 amide bonds. The van der Waals surface area contributed by atoms with Crippen molar-refractivity contribution in [3.05, 3.63) is 108 Å². The Balaban J connectivity index is 1.31. The summed E-state index contributed by atoms with van der Waals surface area (Å²) in [4.78, 5) is 27.4. The van der Waals surface area contributed by atoms with Gasteiger partial charge in [-0.3, -0.25) is 19.8 Å². The number of fused-ring (bicyclic) bond motifs is 3. The minimum absolute atomic E-state index is 0.0136. The van der Waals surface area contributed by atoms with E-state index >= 15 is 0 Å². The fraction of sp³-hybridized carbons (Fsp3) is 0. The molecule has 6 nitrogen and oxygen atoms in total. The van der Waals surface area contributed by atoms with Crippen molar-refractivity contribution in [2.75, 3.05) is 4.90 Å². The maximum absolute atomic E-state index is 13.4. The summed E-state index contributed by atoms with van der Waals surface area (Å²) in [6.07, 6.45) is 1.57. The number of furan rings is 1. The topological polar surface area (TPSA) is 71.8 Å². The molecule has 5 aromatic rings. The van der Waals surface area contributed by atoms with E-state index in [0.717, 1.165) is 21.9 Å². The molecule has 0 saturated carbocycles. The highest BCUT2D eigenvalue weighted by atomic mass is 32.1. The number of ether oxygens (including phenoxy) is 1. The number of carbonyl (C=O) groups excluding carboxylic acids is 2. The molecule has 1 aliphatic heterocycles. The van der Waals surface area contributed by atoms with Crippen molar-refractivity contribution in [1.82, 2.24) is 5.32 Å². The second-order valence-corrected chi connectivity index (χ2v) is 8.61. The van der Waals surface area contributed by atoms with E-state index < -0.39 is 11.8 Å². The molecule has 174 valence electrons. The Morgan fingerprint density at radius 2 is 1.47 bits per heavy atom. The highest BCUT2D eigenvalue weighted by molar-refractivity contribution is 7.80. The Labute approximate surface area is 211 Å². The van der Waals surface area contributed by atoms with Crippen molar-refractivity contribution in [2.45, 2.75) is 0 Å². The summed E-state index contributed by atoms with van der Waals surface area (Å²) in [5.41, 5.74) is 2.72. The van der Waals surface area contributed by atoms with Crippen molar-refractivity contribution < 1.29 is 18.7 Å². The number of para-hydroxylation sites is 2. The lowest BCUT2D eigenvalue weighted by Crippen LogP contribution is -2.54. The van der Waals surface area contributed by atoms with E-state index in [1.807, 2.05) is 72.8 Å². The fourth-order valence-corrected chi connectivity index (χ4v) is 4.46. The monoisotopic (exact) mass is 490 g/mol. The summed E-state index contributed by atoms with van der Waals surface area (Å²) >= 11 is 5.33. The first-order chi connectivity index (χ1) is 17.6. The first-order valence-corrected chi connectivity index (χ1v) is 11.6. The highest BCUT2D eigenvalue weighted by Crippen LogP contribution is 2.31. The smallest absolute Gasteiger partial charge is 0.270 e. The van der Waals surface area contributed by atoms with E-state index in [4.69, 9.17) is 21.4 Å². The second kappa shape index (κ2) is 8.79. The molecule has 0 bridgehead atoms. The van der Waals surface area contributed by atoms with Crippen LogP contribution in [0.1, 0.15) is 5.56 Å². The summed E-state index contributed by atoms with van der Waals surface area (Å²) in [6, 6.07) is 29.6. The zero-order valence-corrected chi connectivity index (χ0v) is 19.6. The summed E-state index contributed by atoms with van der Waals surface area (Å²) in [7, 11) is 0. The highest BCUT2D eigenvalue weighted by Gasteiger charge is 2.34. The molecule has 2 heterocycles. The minimum atomic E-state index is -0.539. The fourth-order valence-electron chi connectivity index (χ4n) is 4.18. The Kier molecular flexibility index (Phi) is 5.32. The van der Waals surface area contributed by atoms with Crippen LogP contribution in [0, 0.1) is 0 Å². The molecule has 0 spiro atoms. The Hall–Kier alpha value is -4.75. The number of anilines is 1. The first kappa shape index (κ1) is 21.8. The van der Waals surface area contributed by atoms with Gasteiger partial charge in [0.15, 0.2) is 5.11 Å². The largest absolute Gasteiger partial charge is 0.457 e. The predicted molar refractivity (Wildman–Crippen MR) is 143 cm³/mol. The lowest BCUT2D eigenvalue weighted by Gasteiger charge is -2.29. The van der Waals surface area contributed by atoms with Crippen molar-refractivity contribution in [3.63, 3.8) is 0 Å². The van der Waals surface area contributed by atoms with Crippen LogP contribution in [0.3, 0.4) is 0 Å². The summed E-state index contributed by atoms with van der Waals surface area (Å²) < 4.78 is 11.7. The van der Waals surface area contributed by atoms with Crippen LogP contribution in [0.15, 0.2) is 107 Å². The normalized spacial score (nSPS) is 15.1. The molecule has 36 heavy (non-hydrogen) atoms. The molecule has 1 saturated heterocycles. The van der Waals surface area contributed by atoms with Gasteiger partial charge in [-0.15, -0.1) is 0 Å². The average molecular weight is 491 g/mol. The lowest BCUT2D eigenvalue weighted by atomic mass is 10.0. The van der Waals surface area contributed by atoms with Gasteiger partial charge in [0, 0.05) is 10.8 Å². The third-order valence-corrected chi connectivity index (χ3v) is 6.17. The minimum Gasteiger partial charge on any atom is -0.457 e. The lowest BCUT2D eigenvalue weighted by molar-refractivity contribution is -0.122. The van der Waals surface area contributed by atoms with E-state index in [2.05, 4.69) is 5.32 Å². The quantitative estimate of drug-likeness (QED) is 0.184. The molecule has 1 aromatic heterocycles. The number of nitrogens with one attached hydrogen (secondary N) is 1. The third kappa shape index (κ3) is 3.91. The maximum Gasteiger partial charge on any atom is 0.270 e. The molecular weight excluding hydrogens is 472 g/mol. The zero-order valence-electron chi connectivity index (χ0n) is 18.8. The average Bonchev–Trinajstić information content (AvgIpc) is 3.26. The van der Waals surface area contributed by atoms with Crippen LogP contribution in [0.5, 0.6) is 11.5 Å². The number of hydrogen-bond acceptors (Lipinski definition) is 5. The number of nitrogens with zero attached hydrogens (tertiary/aromatic N) is 1. The number of thiocarbonyl (C=S) groups is 1. The van der Waals surface area contributed by atoms with Crippen LogP contribution >= 0.6 is 12.2 Å². The van der Waals surface area contributed by atoms with Gasteiger partial charge in [-0.05, 0) is 78.5 Å². The van der Waals surface area contributed by atoms with Crippen molar-refractivity contribution in [3.8, 4) is 11.5 Å². The van der Waals surface area contributed by atoms with Gasteiger partial charge in [-0.2, -0.15) is 0 Å².